The smallest absolute Gasteiger partial charge is 0.335 e. The van der Waals surface area contributed by atoms with E-state index in [1.165, 1.54) is 38.1 Å². The number of carboxylic acid groups (broad SMARTS) is 1. The Bertz CT molecular complexity index is 821. The summed E-state index contributed by atoms with van der Waals surface area (Å²) in [4.78, 5) is 32.0. The van der Waals surface area contributed by atoms with Gasteiger partial charge < -0.3 is 19.9 Å². The number of nitrogens with one attached hydrogen (secondary N) is 1. The van der Waals surface area contributed by atoms with Crippen LogP contribution in [-0.4, -0.2) is 46.9 Å². The largest absolute Gasteiger partial charge is 0.493 e. The van der Waals surface area contributed by atoms with E-state index in [1.807, 2.05) is 19.9 Å². The Labute approximate surface area is 154 Å². The lowest BCUT2D eigenvalue weighted by atomic mass is 10.1. The molecule has 1 heterocycles. The molecule has 1 aromatic carbocycles. The third-order valence-corrected chi connectivity index (χ3v) is 4.14. The molecule has 0 radical (unpaired) electrons. The highest BCUT2D eigenvalue weighted by molar-refractivity contribution is 7.99. The van der Waals surface area contributed by atoms with E-state index in [0.717, 1.165) is 11.4 Å². The molecule has 0 fully saturated rings. The number of hydrogen-bond donors (Lipinski definition) is 2. The maximum absolute atomic E-state index is 12.3. The first-order valence-electron chi connectivity index (χ1n) is 7.58. The predicted molar refractivity (Wildman–Crippen MR) is 97.4 cm³/mol. The minimum absolute atomic E-state index is 0.0248. The second kappa shape index (κ2) is 8.52. The lowest BCUT2D eigenvalue weighted by molar-refractivity contribution is -0.113. The number of hydrogen-bond acceptors (Lipinski definition) is 7. The van der Waals surface area contributed by atoms with Crippen LogP contribution >= 0.6 is 11.8 Å². The summed E-state index contributed by atoms with van der Waals surface area (Å²) in [6.45, 7) is 3.71. The van der Waals surface area contributed by atoms with Crippen molar-refractivity contribution in [1.82, 2.24) is 9.97 Å². The van der Waals surface area contributed by atoms with E-state index in [-0.39, 0.29) is 34.4 Å². The Morgan fingerprint density at radius 2 is 1.77 bits per heavy atom. The zero-order valence-corrected chi connectivity index (χ0v) is 15.6. The molecule has 1 amide bonds. The van der Waals surface area contributed by atoms with Gasteiger partial charge in [-0.15, -0.1) is 0 Å². The second-order valence-electron chi connectivity index (χ2n) is 5.33. The van der Waals surface area contributed by atoms with Crippen molar-refractivity contribution in [2.45, 2.75) is 19.0 Å². The quantitative estimate of drug-likeness (QED) is 0.559. The molecule has 0 atom stereocenters. The van der Waals surface area contributed by atoms with Crippen LogP contribution in [0.2, 0.25) is 0 Å². The zero-order valence-electron chi connectivity index (χ0n) is 14.8. The van der Waals surface area contributed by atoms with Crippen molar-refractivity contribution in [3.05, 3.63) is 35.2 Å². The first kappa shape index (κ1) is 19.5. The van der Waals surface area contributed by atoms with Crippen LogP contribution in [0.4, 0.5) is 5.69 Å². The second-order valence-corrected chi connectivity index (χ2v) is 6.28. The van der Waals surface area contributed by atoms with Gasteiger partial charge in [-0.05, 0) is 32.0 Å². The van der Waals surface area contributed by atoms with Gasteiger partial charge in [-0.25, -0.2) is 14.8 Å². The molecule has 2 rings (SSSR count). The van der Waals surface area contributed by atoms with Gasteiger partial charge in [0.1, 0.15) is 0 Å². The average Bonchev–Trinajstić information content (AvgIpc) is 2.58. The number of benzene rings is 1. The zero-order chi connectivity index (χ0) is 19.3. The molecule has 9 heteroatoms. The first-order valence-corrected chi connectivity index (χ1v) is 8.57. The minimum Gasteiger partial charge on any atom is -0.493 e. The molecule has 0 unspecified atom stereocenters. The number of methoxy groups -OCH3 is 2. The van der Waals surface area contributed by atoms with Crippen LogP contribution in [0.15, 0.2) is 23.4 Å². The van der Waals surface area contributed by atoms with Crippen LogP contribution in [0, 0.1) is 13.8 Å². The SMILES string of the molecule is COc1cc(C(=O)O)cc(NC(=O)CSc2nc(C)cc(C)n2)c1OC. The molecule has 0 saturated heterocycles. The van der Waals surface area contributed by atoms with E-state index in [2.05, 4.69) is 15.3 Å². The molecule has 0 bridgehead atoms. The maximum atomic E-state index is 12.3. The van der Waals surface area contributed by atoms with E-state index in [4.69, 9.17) is 9.47 Å². The van der Waals surface area contributed by atoms with E-state index in [1.54, 1.807) is 0 Å². The van der Waals surface area contributed by atoms with Gasteiger partial charge in [-0.1, -0.05) is 11.8 Å². The molecule has 138 valence electrons. The average molecular weight is 377 g/mol. The fourth-order valence-corrected chi connectivity index (χ4v) is 3.00. The topological polar surface area (TPSA) is 111 Å². The Kier molecular flexibility index (Phi) is 6.40. The van der Waals surface area contributed by atoms with Crippen LogP contribution in [-0.2, 0) is 4.79 Å². The Morgan fingerprint density at radius 1 is 1.12 bits per heavy atom. The third-order valence-electron chi connectivity index (χ3n) is 3.29. The van der Waals surface area contributed by atoms with Gasteiger partial charge in [0.25, 0.3) is 0 Å². The third kappa shape index (κ3) is 4.85. The lowest BCUT2D eigenvalue weighted by Gasteiger charge is -2.14. The van der Waals surface area contributed by atoms with Crippen molar-refractivity contribution in [2.75, 3.05) is 25.3 Å². The highest BCUT2D eigenvalue weighted by atomic mass is 32.2. The molecular weight excluding hydrogens is 358 g/mol. The highest BCUT2D eigenvalue weighted by Crippen LogP contribution is 2.36. The number of aryl methyl sites for hydroxylation is 2. The minimum atomic E-state index is -1.14. The van der Waals surface area contributed by atoms with E-state index in [9.17, 15) is 14.7 Å². The number of aromatic nitrogens is 2. The summed E-state index contributed by atoms with van der Waals surface area (Å²) < 4.78 is 10.4. The van der Waals surface area contributed by atoms with Crippen molar-refractivity contribution in [3.63, 3.8) is 0 Å². The van der Waals surface area contributed by atoms with Crippen molar-refractivity contribution in [2.24, 2.45) is 0 Å². The number of amides is 1. The summed E-state index contributed by atoms with van der Waals surface area (Å²) in [7, 11) is 2.80. The van der Waals surface area contributed by atoms with Crippen LogP contribution in [0.3, 0.4) is 0 Å². The Hall–Kier alpha value is -2.81. The number of thioether (sulfide) groups is 1. The van der Waals surface area contributed by atoms with Crippen LogP contribution in [0.1, 0.15) is 21.7 Å². The van der Waals surface area contributed by atoms with Gasteiger partial charge in [-0.2, -0.15) is 0 Å². The summed E-state index contributed by atoms with van der Waals surface area (Å²) in [6.07, 6.45) is 0. The van der Waals surface area contributed by atoms with E-state index in [0.29, 0.717) is 5.16 Å². The molecule has 2 N–H and O–H groups in total. The maximum Gasteiger partial charge on any atom is 0.335 e. The van der Waals surface area contributed by atoms with Gasteiger partial charge in [0, 0.05) is 11.4 Å². The van der Waals surface area contributed by atoms with Gasteiger partial charge in [0.05, 0.1) is 31.2 Å². The standard InChI is InChI=1S/C17H19N3O5S/c1-9-5-10(2)19-17(18-9)26-8-14(21)20-12-6-11(16(22)23)7-13(24-3)15(12)25-4/h5-7H,8H2,1-4H3,(H,20,21)(H,22,23). The predicted octanol–water partition coefficient (Wildman–Crippen LogP) is 2.54. The highest BCUT2D eigenvalue weighted by Gasteiger charge is 2.18. The number of nitrogens with zero attached hydrogens (tertiary/aromatic N) is 2. The van der Waals surface area contributed by atoms with Crippen LogP contribution in [0.25, 0.3) is 0 Å². The number of rotatable bonds is 7. The summed E-state index contributed by atoms with van der Waals surface area (Å²) >= 11 is 1.19. The van der Waals surface area contributed by atoms with Gasteiger partial charge >= 0.3 is 5.97 Å². The Balaban J connectivity index is 2.17. The molecule has 8 nitrogen and oxygen atoms in total. The monoisotopic (exact) mass is 377 g/mol. The van der Waals surface area contributed by atoms with Crippen molar-refractivity contribution in [1.29, 1.82) is 0 Å². The number of carbonyl (C=O) groups excluding carboxylic acids is 1. The van der Waals surface area contributed by atoms with E-state index >= 15 is 0 Å². The van der Waals surface area contributed by atoms with Gasteiger partial charge in [0.15, 0.2) is 16.7 Å². The Morgan fingerprint density at radius 3 is 2.31 bits per heavy atom. The van der Waals surface area contributed by atoms with Crippen molar-refractivity contribution < 1.29 is 24.2 Å². The summed E-state index contributed by atoms with van der Waals surface area (Å²) in [5.41, 5.74) is 1.83. The molecule has 0 spiro atoms. The van der Waals surface area contributed by atoms with Crippen molar-refractivity contribution in [3.8, 4) is 11.5 Å². The first-order chi connectivity index (χ1) is 12.3. The van der Waals surface area contributed by atoms with Crippen molar-refractivity contribution >= 4 is 29.3 Å². The molecule has 0 aliphatic heterocycles. The number of carbonyl (C=O) groups is 2. The summed E-state index contributed by atoms with van der Waals surface area (Å²) in [6, 6.07) is 4.49. The fourth-order valence-electron chi connectivity index (χ4n) is 2.26. The molecule has 2 aromatic rings. The molecule has 26 heavy (non-hydrogen) atoms. The number of ether oxygens (including phenoxy) is 2. The number of anilines is 1. The number of aromatic carboxylic acids is 1. The van der Waals surface area contributed by atoms with Crippen LogP contribution < -0.4 is 14.8 Å². The summed E-state index contributed by atoms with van der Waals surface area (Å²) in [5, 5.41) is 12.3. The molecule has 0 aliphatic carbocycles. The van der Waals surface area contributed by atoms with Gasteiger partial charge in [0.2, 0.25) is 5.91 Å². The lowest BCUT2D eigenvalue weighted by Crippen LogP contribution is -2.16. The molecule has 1 aromatic heterocycles. The number of carboxylic acids is 1. The van der Waals surface area contributed by atoms with Crippen LogP contribution in [0.5, 0.6) is 11.5 Å². The summed E-state index contributed by atoms with van der Waals surface area (Å²) in [5.74, 6) is -0.960. The fraction of sp³-hybridized carbons (Fsp3) is 0.294. The molecular formula is C17H19N3O5S. The molecule has 0 aliphatic rings. The molecule has 0 saturated carbocycles. The normalized spacial score (nSPS) is 10.3. The van der Waals surface area contributed by atoms with Gasteiger partial charge in [-0.3, -0.25) is 4.79 Å². The van der Waals surface area contributed by atoms with E-state index < -0.39 is 5.97 Å².